The summed E-state index contributed by atoms with van der Waals surface area (Å²) in [6, 6.07) is 2.94. The topological polar surface area (TPSA) is 43.4 Å². The minimum atomic E-state index is -1.06. The normalized spacial score (nSPS) is 9.87. The molecule has 1 rings (SSSR count). The van der Waals surface area contributed by atoms with Crippen molar-refractivity contribution in [3.63, 3.8) is 0 Å². The molecule has 0 atom stereocenters. The van der Waals surface area contributed by atoms with E-state index < -0.39 is 17.6 Å². The van der Waals surface area contributed by atoms with E-state index in [2.05, 4.69) is 4.74 Å². The molecule has 0 saturated carbocycles. The van der Waals surface area contributed by atoms with Gasteiger partial charge in [0.25, 0.3) is 5.78 Å². The lowest BCUT2D eigenvalue weighted by molar-refractivity contribution is -0.135. The van der Waals surface area contributed by atoms with Crippen LogP contribution in [0.4, 0.5) is 4.39 Å². The van der Waals surface area contributed by atoms with Gasteiger partial charge in [-0.3, -0.25) is 4.79 Å². The molecular weight excluding hydrogens is 199 g/mol. The highest BCUT2D eigenvalue weighted by Gasteiger charge is 2.21. The number of rotatable bonds is 2. The van der Waals surface area contributed by atoms with E-state index in [1.54, 1.807) is 13.0 Å². The zero-order valence-corrected chi connectivity index (χ0v) is 8.76. The van der Waals surface area contributed by atoms with E-state index in [-0.39, 0.29) is 5.56 Å². The van der Waals surface area contributed by atoms with Gasteiger partial charge in [0.15, 0.2) is 0 Å². The molecule has 0 saturated heterocycles. The molecule has 0 fully saturated rings. The highest BCUT2D eigenvalue weighted by Crippen LogP contribution is 2.16. The maximum atomic E-state index is 13.5. The molecule has 0 aromatic heterocycles. The van der Waals surface area contributed by atoms with Crippen molar-refractivity contribution in [3.05, 3.63) is 34.6 Å². The van der Waals surface area contributed by atoms with E-state index >= 15 is 0 Å². The van der Waals surface area contributed by atoms with Crippen LogP contribution in [-0.2, 0) is 9.53 Å². The van der Waals surface area contributed by atoms with E-state index in [1.165, 1.54) is 13.0 Å². The van der Waals surface area contributed by atoms with Gasteiger partial charge in [-0.15, -0.1) is 0 Å². The number of methoxy groups -OCH3 is 1. The third-order valence-electron chi connectivity index (χ3n) is 2.01. The summed E-state index contributed by atoms with van der Waals surface area (Å²) in [6.45, 7) is 3.26. The van der Waals surface area contributed by atoms with Crippen LogP contribution in [-0.4, -0.2) is 18.9 Å². The van der Waals surface area contributed by atoms with Crippen LogP contribution in [0.25, 0.3) is 0 Å². The molecule has 0 N–H and O–H groups in total. The molecule has 80 valence electrons. The van der Waals surface area contributed by atoms with E-state index in [0.29, 0.717) is 5.56 Å². The fourth-order valence-corrected chi connectivity index (χ4v) is 1.32. The summed E-state index contributed by atoms with van der Waals surface area (Å²) in [5.41, 5.74) is 0.822. The standard InChI is InChI=1S/C11H11FO3/c1-6-4-7(2)9(12)8(5-6)10(13)11(14)15-3/h4-5H,1-3H3. The Morgan fingerprint density at radius 2 is 1.87 bits per heavy atom. The lowest BCUT2D eigenvalue weighted by Gasteiger charge is -2.05. The van der Waals surface area contributed by atoms with Crippen LogP contribution in [0.15, 0.2) is 12.1 Å². The summed E-state index contributed by atoms with van der Waals surface area (Å²) in [5, 5.41) is 0. The number of carbonyl (C=O) groups is 2. The quantitative estimate of drug-likeness (QED) is 0.424. The Bertz CT molecular complexity index is 424. The van der Waals surface area contributed by atoms with Gasteiger partial charge < -0.3 is 4.74 Å². The molecule has 0 spiro atoms. The number of esters is 1. The average molecular weight is 210 g/mol. The minimum absolute atomic E-state index is 0.237. The van der Waals surface area contributed by atoms with Gasteiger partial charge in [0.2, 0.25) is 0 Å². The molecule has 0 amide bonds. The van der Waals surface area contributed by atoms with Crippen molar-refractivity contribution in [2.75, 3.05) is 7.11 Å². The third kappa shape index (κ3) is 2.21. The Morgan fingerprint density at radius 1 is 1.27 bits per heavy atom. The van der Waals surface area contributed by atoms with Crippen LogP contribution in [0.1, 0.15) is 21.5 Å². The van der Waals surface area contributed by atoms with Crippen LogP contribution < -0.4 is 0 Å². The summed E-state index contributed by atoms with van der Waals surface area (Å²) in [6.07, 6.45) is 0. The highest BCUT2D eigenvalue weighted by molar-refractivity contribution is 6.40. The molecule has 0 aliphatic carbocycles. The molecule has 0 heterocycles. The molecule has 0 radical (unpaired) electrons. The predicted octanol–water partition coefficient (Wildman–Crippen LogP) is 1.80. The van der Waals surface area contributed by atoms with Gasteiger partial charge >= 0.3 is 5.97 Å². The van der Waals surface area contributed by atoms with Gasteiger partial charge in [0, 0.05) is 0 Å². The number of halogens is 1. The smallest absolute Gasteiger partial charge is 0.379 e. The second-order valence-electron chi connectivity index (χ2n) is 3.26. The number of ether oxygens (including phenoxy) is 1. The Morgan fingerprint density at radius 3 is 2.40 bits per heavy atom. The van der Waals surface area contributed by atoms with E-state index in [1.807, 2.05) is 0 Å². The lowest BCUT2D eigenvalue weighted by atomic mass is 10.0. The summed E-state index contributed by atoms with van der Waals surface area (Å²) in [7, 11) is 1.08. The summed E-state index contributed by atoms with van der Waals surface area (Å²) >= 11 is 0. The molecule has 1 aromatic rings. The maximum absolute atomic E-state index is 13.5. The first-order valence-electron chi connectivity index (χ1n) is 4.36. The molecule has 1 aromatic carbocycles. The van der Waals surface area contributed by atoms with Gasteiger partial charge in [0.05, 0.1) is 12.7 Å². The zero-order valence-electron chi connectivity index (χ0n) is 8.76. The van der Waals surface area contributed by atoms with Crippen molar-refractivity contribution in [1.29, 1.82) is 0 Å². The van der Waals surface area contributed by atoms with Crippen molar-refractivity contribution >= 4 is 11.8 Å². The molecule has 0 aliphatic heterocycles. The Kier molecular flexibility index (Phi) is 3.19. The Hall–Kier alpha value is -1.71. The van der Waals surface area contributed by atoms with Gasteiger partial charge in [0.1, 0.15) is 5.82 Å². The largest absolute Gasteiger partial charge is 0.463 e. The van der Waals surface area contributed by atoms with Gasteiger partial charge in [-0.25, -0.2) is 9.18 Å². The molecule has 0 aliphatic rings. The summed E-state index contributed by atoms with van der Waals surface area (Å²) < 4.78 is 17.7. The van der Waals surface area contributed by atoms with Crippen molar-refractivity contribution in [3.8, 4) is 0 Å². The maximum Gasteiger partial charge on any atom is 0.379 e. The van der Waals surface area contributed by atoms with E-state index in [0.717, 1.165) is 12.7 Å². The summed E-state index contributed by atoms with van der Waals surface area (Å²) in [5.74, 6) is -2.68. The molecule has 3 nitrogen and oxygen atoms in total. The SMILES string of the molecule is COC(=O)C(=O)c1cc(C)cc(C)c1F. The van der Waals surface area contributed by atoms with Crippen molar-refractivity contribution in [2.45, 2.75) is 13.8 Å². The highest BCUT2D eigenvalue weighted by atomic mass is 19.1. The van der Waals surface area contributed by atoms with Crippen LogP contribution in [0, 0.1) is 19.7 Å². The number of Topliss-reactive ketones (excluding diaryl/α,β-unsaturated/α-hetero) is 1. The number of benzene rings is 1. The zero-order chi connectivity index (χ0) is 11.6. The first kappa shape index (κ1) is 11.4. The fraction of sp³-hybridized carbons (Fsp3) is 0.273. The fourth-order valence-electron chi connectivity index (χ4n) is 1.32. The number of ketones is 1. The lowest BCUT2D eigenvalue weighted by Crippen LogP contribution is -2.17. The van der Waals surface area contributed by atoms with E-state index in [9.17, 15) is 14.0 Å². The predicted molar refractivity (Wildman–Crippen MR) is 52.2 cm³/mol. The molecule has 0 unspecified atom stereocenters. The van der Waals surface area contributed by atoms with Crippen LogP contribution in [0.5, 0.6) is 0 Å². The monoisotopic (exact) mass is 210 g/mol. The van der Waals surface area contributed by atoms with Gasteiger partial charge in [-0.2, -0.15) is 0 Å². The number of hydrogen-bond acceptors (Lipinski definition) is 3. The van der Waals surface area contributed by atoms with Crippen LogP contribution in [0.2, 0.25) is 0 Å². The number of aryl methyl sites for hydroxylation is 2. The Balaban J connectivity index is 3.25. The number of hydrogen-bond donors (Lipinski definition) is 0. The first-order chi connectivity index (χ1) is 6.97. The van der Waals surface area contributed by atoms with Gasteiger partial charge in [-0.05, 0) is 31.0 Å². The van der Waals surface area contributed by atoms with Gasteiger partial charge in [-0.1, -0.05) is 6.07 Å². The van der Waals surface area contributed by atoms with Crippen molar-refractivity contribution < 1.29 is 18.7 Å². The first-order valence-corrected chi connectivity index (χ1v) is 4.36. The second kappa shape index (κ2) is 4.21. The summed E-state index contributed by atoms with van der Waals surface area (Å²) in [4.78, 5) is 22.3. The molecule has 15 heavy (non-hydrogen) atoms. The van der Waals surface area contributed by atoms with Crippen molar-refractivity contribution in [2.24, 2.45) is 0 Å². The molecule has 4 heteroatoms. The third-order valence-corrected chi connectivity index (χ3v) is 2.01. The molecular formula is C11H11FO3. The van der Waals surface area contributed by atoms with Crippen LogP contribution >= 0.6 is 0 Å². The minimum Gasteiger partial charge on any atom is -0.463 e. The van der Waals surface area contributed by atoms with Crippen LogP contribution in [0.3, 0.4) is 0 Å². The van der Waals surface area contributed by atoms with Crippen molar-refractivity contribution in [1.82, 2.24) is 0 Å². The average Bonchev–Trinajstić information content (AvgIpc) is 2.21. The Labute approximate surface area is 86.9 Å². The second-order valence-corrected chi connectivity index (χ2v) is 3.26. The number of carbonyl (C=O) groups excluding carboxylic acids is 2. The molecule has 0 bridgehead atoms. The van der Waals surface area contributed by atoms with E-state index in [4.69, 9.17) is 0 Å².